The Morgan fingerprint density at radius 1 is 1.19 bits per heavy atom. The van der Waals surface area contributed by atoms with Crippen LogP contribution in [0.2, 0.25) is 0 Å². The second kappa shape index (κ2) is 12.7. The third kappa shape index (κ3) is 7.88. The summed E-state index contributed by atoms with van der Waals surface area (Å²) >= 11 is 0. The van der Waals surface area contributed by atoms with Crippen LogP contribution in [-0.2, 0) is 6.42 Å². The van der Waals surface area contributed by atoms with Crippen molar-refractivity contribution in [2.75, 3.05) is 33.2 Å². The molecule has 0 aliphatic carbocycles. The van der Waals surface area contributed by atoms with Crippen LogP contribution in [0.4, 0.5) is 0 Å². The van der Waals surface area contributed by atoms with Crippen molar-refractivity contribution in [3.05, 3.63) is 48.3 Å². The van der Waals surface area contributed by atoms with E-state index in [2.05, 4.69) is 70.7 Å². The molecule has 0 saturated heterocycles. The zero-order valence-electron chi connectivity index (χ0n) is 16.9. The Bertz CT molecular complexity index is 652. The summed E-state index contributed by atoms with van der Waals surface area (Å²) in [6.45, 7) is 10.5. The third-order valence-corrected chi connectivity index (χ3v) is 4.46. The highest BCUT2D eigenvalue weighted by Crippen LogP contribution is 2.08. The number of rotatable bonds is 9. The van der Waals surface area contributed by atoms with Gasteiger partial charge in [-0.1, -0.05) is 19.1 Å². The van der Waals surface area contributed by atoms with E-state index in [0.717, 1.165) is 44.2 Å². The van der Waals surface area contributed by atoms with E-state index in [1.165, 1.54) is 5.56 Å². The third-order valence-electron chi connectivity index (χ3n) is 4.46. The van der Waals surface area contributed by atoms with Gasteiger partial charge in [-0.2, -0.15) is 5.10 Å². The molecule has 0 saturated carbocycles. The first-order chi connectivity index (χ1) is 12.6. The van der Waals surface area contributed by atoms with Gasteiger partial charge in [-0.3, -0.25) is 9.89 Å². The molecule has 1 aromatic carbocycles. The van der Waals surface area contributed by atoms with E-state index in [0.29, 0.717) is 6.04 Å². The lowest BCUT2D eigenvalue weighted by atomic mass is 10.1. The van der Waals surface area contributed by atoms with Crippen molar-refractivity contribution in [2.45, 2.75) is 33.2 Å². The van der Waals surface area contributed by atoms with Crippen LogP contribution in [0, 0.1) is 0 Å². The molecule has 0 aliphatic heterocycles. The Morgan fingerprint density at radius 3 is 2.44 bits per heavy atom. The van der Waals surface area contributed by atoms with Gasteiger partial charge in [0, 0.05) is 45.1 Å². The Balaban J connectivity index is 0.00000364. The predicted octanol–water partition coefficient (Wildman–Crippen LogP) is 2.93. The number of halogens is 1. The van der Waals surface area contributed by atoms with E-state index < -0.39 is 0 Å². The van der Waals surface area contributed by atoms with Gasteiger partial charge in [-0.25, -0.2) is 4.68 Å². The molecular weight excluding hydrogens is 451 g/mol. The van der Waals surface area contributed by atoms with E-state index in [-0.39, 0.29) is 24.0 Å². The molecule has 0 spiro atoms. The Labute approximate surface area is 180 Å². The number of hydrogen-bond donors (Lipinski definition) is 2. The molecule has 2 N–H and O–H groups in total. The normalized spacial score (nSPS) is 11.6. The monoisotopic (exact) mass is 484 g/mol. The molecule has 0 unspecified atom stereocenters. The van der Waals surface area contributed by atoms with Gasteiger partial charge < -0.3 is 10.6 Å². The lowest BCUT2D eigenvalue weighted by Crippen LogP contribution is -2.43. The van der Waals surface area contributed by atoms with Crippen molar-refractivity contribution in [3.63, 3.8) is 0 Å². The molecule has 27 heavy (non-hydrogen) atoms. The number of aliphatic imine (C=N–C) groups is 1. The van der Waals surface area contributed by atoms with E-state index in [9.17, 15) is 0 Å². The molecule has 0 aliphatic rings. The molecular formula is C20H33IN6. The molecule has 7 heteroatoms. The van der Waals surface area contributed by atoms with Crippen molar-refractivity contribution in [1.82, 2.24) is 25.3 Å². The molecule has 1 aromatic heterocycles. The van der Waals surface area contributed by atoms with E-state index >= 15 is 0 Å². The first-order valence-electron chi connectivity index (χ1n) is 9.41. The summed E-state index contributed by atoms with van der Waals surface area (Å²) < 4.78 is 1.87. The first-order valence-corrected chi connectivity index (χ1v) is 9.41. The Kier molecular flexibility index (Phi) is 11.0. The minimum atomic E-state index is 0. The van der Waals surface area contributed by atoms with Crippen molar-refractivity contribution < 1.29 is 0 Å². The minimum Gasteiger partial charge on any atom is -0.356 e. The summed E-state index contributed by atoms with van der Waals surface area (Å²) in [6.07, 6.45) is 4.69. The Hall–Kier alpha value is -1.61. The molecule has 0 bridgehead atoms. The molecule has 0 fully saturated rings. The summed E-state index contributed by atoms with van der Waals surface area (Å²) in [5.41, 5.74) is 2.37. The topological polar surface area (TPSA) is 57.5 Å². The maximum absolute atomic E-state index is 4.30. The van der Waals surface area contributed by atoms with Gasteiger partial charge in [0.25, 0.3) is 0 Å². The number of nitrogens with zero attached hydrogens (tertiary/aromatic N) is 4. The van der Waals surface area contributed by atoms with Crippen molar-refractivity contribution in [2.24, 2.45) is 4.99 Å². The smallest absolute Gasteiger partial charge is 0.191 e. The average Bonchev–Trinajstić information content (AvgIpc) is 3.18. The van der Waals surface area contributed by atoms with E-state index in [1.807, 2.05) is 24.0 Å². The van der Waals surface area contributed by atoms with Crippen LogP contribution in [0.3, 0.4) is 0 Å². The zero-order valence-corrected chi connectivity index (χ0v) is 19.2. The predicted molar refractivity (Wildman–Crippen MR) is 124 cm³/mol. The van der Waals surface area contributed by atoms with Crippen LogP contribution in [0.15, 0.2) is 47.7 Å². The number of aromatic nitrogens is 2. The van der Waals surface area contributed by atoms with Crippen LogP contribution in [-0.4, -0.2) is 59.9 Å². The largest absolute Gasteiger partial charge is 0.356 e. The van der Waals surface area contributed by atoms with Gasteiger partial charge in [-0.15, -0.1) is 24.0 Å². The number of likely N-dealkylation sites (N-methyl/N-ethyl adjacent to an activating group) is 1. The quantitative estimate of drug-likeness (QED) is 0.327. The van der Waals surface area contributed by atoms with Gasteiger partial charge in [0.05, 0.1) is 5.69 Å². The summed E-state index contributed by atoms with van der Waals surface area (Å²) in [6, 6.07) is 11.0. The average molecular weight is 484 g/mol. The second-order valence-corrected chi connectivity index (χ2v) is 6.52. The summed E-state index contributed by atoms with van der Waals surface area (Å²) in [7, 11) is 1.81. The highest BCUT2D eigenvalue weighted by molar-refractivity contribution is 14.0. The molecule has 2 aromatic rings. The number of guanidine groups is 1. The SMILES string of the molecule is CCN(CCNC(=NC)NCCc1ccc(-n2cccn2)cc1)C(C)C.I. The van der Waals surface area contributed by atoms with Crippen molar-refractivity contribution in [1.29, 1.82) is 0 Å². The molecule has 150 valence electrons. The van der Waals surface area contributed by atoms with E-state index in [4.69, 9.17) is 0 Å². The maximum atomic E-state index is 4.30. The van der Waals surface area contributed by atoms with Crippen LogP contribution >= 0.6 is 24.0 Å². The molecule has 0 atom stereocenters. The highest BCUT2D eigenvalue weighted by atomic mass is 127. The number of nitrogens with one attached hydrogen (secondary N) is 2. The van der Waals surface area contributed by atoms with Crippen molar-refractivity contribution in [3.8, 4) is 5.69 Å². The fourth-order valence-corrected chi connectivity index (χ4v) is 2.88. The van der Waals surface area contributed by atoms with Crippen molar-refractivity contribution >= 4 is 29.9 Å². The standard InChI is InChI=1S/C20H32N6.HI/c1-5-25(17(2)3)16-14-23-20(21-4)22-13-11-18-7-9-19(10-8-18)26-15-6-12-24-26;/h6-10,12,15,17H,5,11,13-14,16H2,1-4H3,(H2,21,22,23);1H. The van der Waals surface area contributed by atoms with Gasteiger partial charge in [0.15, 0.2) is 5.96 Å². The fraction of sp³-hybridized carbons (Fsp3) is 0.500. The summed E-state index contributed by atoms with van der Waals surface area (Å²) in [5.74, 6) is 0.859. The maximum Gasteiger partial charge on any atom is 0.191 e. The zero-order chi connectivity index (χ0) is 18.8. The van der Waals surface area contributed by atoms with Gasteiger partial charge >= 0.3 is 0 Å². The van der Waals surface area contributed by atoms with Gasteiger partial charge in [0.1, 0.15) is 0 Å². The lowest BCUT2D eigenvalue weighted by Gasteiger charge is -2.25. The van der Waals surface area contributed by atoms with Gasteiger partial charge in [0.2, 0.25) is 0 Å². The highest BCUT2D eigenvalue weighted by Gasteiger charge is 2.06. The minimum absolute atomic E-state index is 0. The molecule has 1 heterocycles. The molecule has 6 nitrogen and oxygen atoms in total. The molecule has 0 radical (unpaired) electrons. The molecule has 2 rings (SSSR count). The summed E-state index contributed by atoms with van der Waals surface area (Å²) in [4.78, 5) is 6.73. The van der Waals surface area contributed by atoms with Crippen LogP contribution in [0.5, 0.6) is 0 Å². The lowest BCUT2D eigenvalue weighted by molar-refractivity contribution is 0.237. The van der Waals surface area contributed by atoms with Crippen LogP contribution in [0.25, 0.3) is 5.69 Å². The van der Waals surface area contributed by atoms with Crippen LogP contribution in [0.1, 0.15) is 26.3 Å². The second-order valence-electron chi connectivity index (χ2n) is 6.52. The number of benzene rings is 1. The first kappa shape index (κ1) is 23.4. The van der Waals surface area contributed by atoms with E-state index in [1.54, 1.807) is 6.20 Å². The van der Waals surface area contributed by atoms with Gasteiger partial charge in [-0.05, 0) is 50.6 Å². The Morgan fingerprint density at radius 2 is 1.89 bits per heavy atom. The number of hydrogen-bond acceptors (Lipinski definition) is 3. The fourth-order valence-electron chi connectivity index (χ4n) is 2.88. The summed E-state index contributed by atoms with van der Waals surface area (Å²) in [5, 5.41) is 11.0. The molecule has 0 amide bonds. The van der Waals surface area contributed by atoms with Crippen LogP contribution < -0.4 is 10.6 Å².